The quantitative estimate of drug-likeness (QED) is 0.477. The third kappa shape index (κ3) is 2.02. The van der Waals surface area contributed by atoms with Crippen LogP contribution >= 0.6 is 0 Å². The first-order chi connectivity index (χ1) is 8.81. The second-order valence-corrected chi connectivity index (χ2v) is 4.77. The molecule has 0 bridgehead atoms. The summed E-state index contributed by atoms with van der Waals surface area (Å²) in [7, 11) is 0. The van der Waals surface area contributed by atoms with E-state index in [2.05, 4.69) is 4.98 Å². The molecule has 0 aliphatic carbocycles. The predicted octanol–water partition coefficient (Wildman–Crippen LogP) is -2.37. The van der Waals surface area contributed by atoms with Crippen LogP contribution in [0.5, 0.6) is 0 Å². The van der Waals surface area contributed by atoms with Crippen molar-refractivity contribution in [3.05, 3.63) is 32.6 Å². The van der Waals surface area contributed by atoms with Gasteiger partial charge in [0.05, 0.1) is 6.61 Å². The molecule has 2 rings (SSSR count). The van der Waals surface area contributed by atoms with Crippen LogP contribution in [0.3, 0.4) is 0 Å². The largest absolute Gasteiger partial charge is 0.394 e. The Morgan fingerprint density at radius 3 is 2.63 bits per heavy atom. The van der Waals surface area contributed by atoms with Crippen molar-refractivity contribution in [1.82, 2.24) is 9.55 Å². The molecule has 1 aromatic rings. The third-order valence-electron chi connectivity index (χ3n) is 3.42. The lowest BCUT2D eigenvalue weighted by molar-refractivity contribution is -0.137. The molecule has 4 atom stereocenters. The van der Waals surface area contributed by atoms with Crippen LogP contribution in [-0.2, 0) is 10.5 Å². The van der Waals surface area contributed by atoms with Crippen molar-refractivity contribution in [3.8, 4) is 0 Å². The minimum atomic E-state index is -1.56. The van der Waals surface area contributed by atoms with Crippen molar-refractivity contribution >= 4 is 0 Å². The van der Waals surface area contributed by atoms with Crippen LogP contribution in [0.25, 0.3) is 0 Å². The first-order valence-corrected chi connectivity index (χ1v) is 5.79. The number of rotatable bonds is 2. The highest BCUT2D eigenvalue weighted by molar-refractivity contribution is 5.06. The van der Waals surface area contributed by atoms with E-state index in [4.69, 9.17) is 9.84 Å². The zero-order valence-electron chi connectivity index (χ0n) is 10.5. The predicted molar refractivity (Wildman–Crippen MR) is 63.7 cm³/mol. The van der Waals surface area contributed by atoms with Gasteiger partial charge in [0, 0.05) is 11.8 Å². The molecule has 8 nitrogen and oxygen atoms in total. The van der Waals surface area contributed by atoms with Crippen molar-refractivity contribution < 1.29 is 20.1 Å². The van der Waals surface area contributed by atoms with Gasteiger partial charge in [0.1, 0.15) is 18.3 Å². The SMILES string of the molecule is Cc1cn([C@]2(C)O[C@H](CO)C(O)[C@@H]2O)c(=O)[nH]c1=O. The lowest BCUT2D eigenvalue weighted by atomic mass is 10.0. The number of aromatic amines is 1. The average Bonchev–Trinajstić information content (AvgIpc) is 2.59. The van der Waals surface area contributed by atoms with Crippen LogP contribution in [0.4, 0.5) is 0 Å². The maximum absolute atomic E-state index is 11.8. The standard InChI is InChI=1S/C11H16N2O6/c1-5-3-13(10(18)12-9(5)17)11(2)8(16)7(15)6(4-14)19-11/h3,6-8,14-16H,4H2,1-2H3,(H,12,17,18)/t6-,7?,8+,11-/m1/s1. The Balaban J connectivity index is 2.55. The molecule has 19 heavy (non-hydrogen) atoms. The van der Waals surface area contributed by atoms with E-state index < -0.39 is 41.9 Å². The molecule has 2 heterocycles. The summed E-state index contributed by atoms with van der Waals surface area (Å²) in [6, 6.07) is 0. The molecule has 0 aromatic carbocycles. The Labute approximate surface area is 107 Å². The van der Waals surface area contributed by atoms with Crippen LogP contribution in [0.2, 0.25) is 0 Å². The zero-order valence-corrected chi connectivity index (χ0v) is 10.5. The maximum atomic E-state index is 11.8. The van der Waals surface area contributed by atoms with E-state index >= 15 is 0 Å². The average molecular weight is 272 g/mol. The number of aliphatic hydroxyl groups excluding tert-OH is 3. The van der Waals surface area contributed by atoms with Gasteiger partial charge in [-0.25, -0.2) is 4.79 Å². The highest BCUT2D eigenvalue weighted by Crippen LogP contribution is 2.34. The van der Waals surface area contributed by atoms with Crippen molar-refractivity contribution in [2.45, 2.75) is 37.9 Å². The van der Waals surface area contributed by atoms with Gasteiger partial charge in [-0.2, -0.15) is 0 Å². The Hall–Kier alpha value is -1.48. The molecule has 8 heteroatoms. The number of hydrogen-bond acceptors (Lipinski definition) is 6. The summed E-state index contributed by atoms with van der Waals surface area (Å²) in [4.78, 5) is 25.2. The van der Waals surface area contributed by atoms with E-state index in [9.17, 15) is 19.8 Å². The summed E-state index contributed by atoms with van der Waals surface area (Å²) < 4.78 is 6.38. The lowest BCUT2D eigenvalue weighted by Gasteiger charge is -2.29. The van der Waals surface area contributed by atoms with E-state index in [0.717, 1.165) is 4.57 Å². The monoisotopic (exact) mass is 272 g/mol. The number of aryl methyl sites for hydroxylation is 1. The summed E-state index contributed by atoms with van der Waals surface area (Å²) in [6.45, 7) is 2.40. The zero-order chi connectivity index (χ0) is 14.4. The summed E-state index contributed by atoms with van der Waals surface area (Å²) in [5.41, 5.74) is -2.59. The minimum absolute atomic E-state index is 0.263. The van der Waals surface area contributed by atoms with E-state index in [1.54, 1.807) is 0 Å². The summed E-state index contributed by atoms with van der Waals surface area (Å²) >= 11 is 0. The molecule has 0 spiro atoms. The second-order valence-electron chi connectivity index (χ2n) is 4.77. The molecule has 1 aromatic heterocycles. The van der Waals surface area contributed by atoms with E-state index in [-0.39, 0.29) is 5.56 Å². The number of aromatic nitrogens is 2. The fourth-order valence-corrected chi connectivity index (χ4v) is 2.21. The molecule has 4 N–H and O–H groups in total. The van der Waals surface area contributed by atoms with Gasteiger partial charge in [0.15, 0.2) is 5.72 Å². The topological polar surface area (TPSA) is 125 Å². The summed E-state index contributed by atoms with van der Waals surface area (Å²) in [5, 5.41) is 28.8. The van der Waals surface area contributed by atoms with E-state index in [1.165, 1.54) is 20.0 Å². The number of H-pyrrole nitrogens is 1. The smallest absolute Gasteiger partial charge is 0.330 e. The molecule has 0 amide bonds. The highest BCUT2D eigenvalue weighted by atomic mass is 16.6. The molecule has 1 saturated heterocycles. The van der Waals surface area contributed by atoms with Gasteiger partial charge < -0.3 is 20.1 Å². The molecular weight excluding hydrogens is 256 g/mol. The van der Waals surface area contributed by atoms with Crippen LogP contribution in [0.1, 0.15) is 12.5 Å². The normalized spacial score (nSPS) is 34.7. The fraction of sp³-hybridized carbons (Fsp3) is 0.636. The first-order valence-electron chi connectivity index (χ1n) is 5.79. The molecule has 0 saturated carbocycles. The van der Waals surface area contributed by atoms with Gasteiger partial charge >= 0.3 is 5.69 Å². The van der Waals surface area contributed by atoms with Crippen molar-refractivity contribution in [2.24, 2.45) is 0 Å². The van der Waals surface area contributed by atoms with Crippen molar-refractivity contribution in [2.75, 3.05) is 6.61 Å². The maximum Gasteiger partial charge on any atom is 0.330 e. The van der Waals surface area contributed by atoms with Gasteiger partial charge in [-0.05, 0) is 13.8 Å². The first kappa shape index (κ1) is 13.9. The van der Waals surface area contributed by atoms with Gasteiger partial charge in [-0.1, -0.05) is 0 Å². The van der Waals surface area contributed by atoms with Crippen LogP contribution in [0, 0.1) is 6.92 Å². The number of nitrogens with zero attached hydrogens (tertiary/aromatic N) is 1. The Morgan fingerprint density at radius 2 is 2.11 bits per heavy atom. The second kappa shape index (κ2) is 4.57. The number of ether oxygens (including phenoxy) is 1. The Kier molecular flexibility index (Phi) is 3.35. The van der Waals surface area contributed by atoms with Gasteiger partial charge in [0.25, 0.3) is 5.56 Å². The number of nitrogens with one attached hydrogen (secondary N) is 1. The van der Waals surface area contributed by atoms with Crippen LogP contribution in [0.15, 0.2) is 15.8 Å². The number of aliphatic hydroxyl groups is 3. The van der Waals surface area contributed by atoms with E-state index in [1.807, 2.05) is 0 Å². The summed E-state index contributed by atoms with van der Waals surface area (Å²) in [6.07, 6.45) is -2.49. The lowest BCUT2D eigenvalue weighted by Crippen LogP contribution is -2.49. The molecule has 1 aliphatic rings. The Bertz CT molecular complexity index is 594. The number of hydrogen-bond donors (Lipinski definition) is 4. The Morgan fingerprint density at radius 1 is 1.47 bits per heavy atom. The molecule has 106 valence electrons. The third-order valence-corrected chi connectivity index (χ3v) is 3.42. The summed E-state index contributed by atoms with van der Waals surface area (Å²) in [5.74, 6) is 0. The van der Waals surface area contributed by atoms with Crippen molar-refractivity contribution in [1.29, 1.82) is 0 Å². The molecule has 1 unspecified atom stereocenters. The van der Waals surface area contributed by atoms with Crippen LogP contribution in [-0.4, -0.2) is 49.8 Å². The minimum Gasteiger partial charge on any atom is -0.394 e. The molecular formula is C11H16N2O6. The molecule has 0 radical (unpaired) electrons. The molecule has 1 aliphatic heterocycles. The highest BCUT2D eigenvalue weighted by Gasteiger charge is 2.52. The van der Waals surface area contributed by atoms with Gasteiger partial charge in [-0.3, -0.25) is 14.3 Å². The van der Waals surface area contributed by atoms with Gasteiger partial charge in [-0.15, -0.1) is 0 Å². The van der Waals surface area contributed by atoms with Crippen LogP contribution < -0.4 is 11.2 Å². The van der Waals surface area contributed by atoms with E-state index in [0.29, 0.717) is 0 Å². The fourth-order valence-electron chi connectivity index (χ4n) is 2.21. The van der Waals surface area contributed by atoms with Gasteiger partial charge in [0.2, 0.25) is 0 Å². The van der Waals surface area contributed by atoms with Crippen molar-refractivity contribution in [3.63, 3.8) is 0 Å². The molecule has 1 fully saturated rings.